The first-order valence-electron chi connectivity index (χ1n) is 21.6. The molecule has 48 heteroatoms. The molecule has 3 aliphatic rings. The predicted molar refractivity (Wildman–Crippen MR) is 249 cm³/mol. The molecule has 2 aromatic heterocycles. The van der Waals surface area contributed by atoms with E-state index in [9.17, 15) is 81.3 Å². The van der Waals surface area contributed by atoms with E-state index in [-0.39, 0.29) is 71.9 Å². The Labute approximate surface area is 458 Å². The minimum Gasteiger partial charge on any atom is -0.756 e. The largest absolute Gasteiger partial charge is 0.756 e. The highest BCUT2D eigenvalue weighted by Gasteiger charge is 2.42. The molecule has 0 saturated carbocycles. The molecule has 0 radical (unpaired) electrons. The molecule has 82 heavy (non-hydrogen) atoms. The Bertz CT molecular complexity index is 3190. The van der Waals surface area contributed by atoms with Gasteiger partial charge in [-0.3, -0.25) is 41.5 Å². The van der Waals surface area contributed by atoms with Gasteiger partial charge in [0.15, 0.2) is 0 Å². The minimum atomic E-state index is -6.20. The van der Waals surface area contributed by atoms with Gasteiger partial charge in [0.2, 0.25) is 24.4 Å². The van der Waals surface area contributed by atoms with Crippen LogP contribution in [0.15, 0.2) is 58.5 Å². The van der Waals surface area contributed by atoms with E-state index in [1.165, 1.54) is 29.4 Å². The van der Waals surface area contributed by atoms with Crippen LogP contribution in [0.1, 0.15) is 54.3 Å². The molecule has 42 nitrogen and oxygen atoms in total. The van der Waals surface area contributed by atoms with Crippen molar-refractivity contribution in [2.45, 2.75) is 69.3 Å². The topological polar surface area (TPSA) is 658 Å². The molecule has 12 unspecified atom stereocenters. The molecule has 12 atom stereocenters. The number of unbranched alkanes of at least 4 members (excludes halogenated alkanes) is 1. The lowest BCUT2D eigenvalue weighted by Crippen LogP contribution is -2.35. The lowest BCUT2D eigenvalue weighted by molar-refractivity contribution is -0.370. The number of nitrogens with zero attached hydrogens (tertiary/aromatic N) is 5. The van der Waals surface area contributed by atoms with Gasteiger partial charge in [-0.2, -0.15) is 30.0 Å². The van der Waals surface area contributed by atoms with E-state index in [1.807, 2.05) is 0 Å². The summed E-state index contributed by atoms with van der Waals surface area (Å²) in [7, 11) is -36.2. The molecule has 0 aliphatic carbocycles. The number of aliphatic imine (C=N–C) groups is 1. The zero-order chi connectivity index (χ0) is 61.4. The summed E-state index contributed by atoms with van der Waals surface area (Å²) in [5.41, 5.74) is 10.9. The minimum absolute atomic E-state index is 0.00693. The summed E-state index contributed by atoms with van der Waals surface area (Å²) >= 11 is 0. The number of nitrogen functional groups attached to an aromatic ring is 1. The monoisotopic (exact) mass is 1290 g/mol. The standard InChI is InChI=1S/C17H21N6O16P3.C17H28N5O15P3/c18-14-10(2-1-5-20-15(25)9-3-4-12(35-19)21-7-9)8-23(17(26)22-14)13-6-11(24)16(34-13)36-37-41(30,31)39-42(32,33)38-40(27,28)29;1-11-21-16(18)12(5-4-7-20-14(24)6-2-3-8-32-19)10-22(11)15-9-13(23)17(33-15)34-35-39(28,29)37-40(30,31)36-38(25,26)27/h3-4,7-8,11,13,16,24H,5-6,19H2,(H,20,25)(H,30,31)(H,32,33)(H2,18,22,26)(H2,27,28,29);10,13,15,17,23H,1-3,6-9,19H2,(H2,18,21)(H,20,24)(H,28,29)(H,30,31)(H2,25,26,27)/p-6. The van der Waals surface area contributed by atoms with Crippen LogP contribution < -0.4 is 73.8 Å². The van der Waals surface area contributed by atoms with Gasteiger partial charge in [0.1, 0.15) is 42.1 Å². The van der Waals surface area contributed by atoms with E-state index in [4.69, 9.17) is 42.5 Å². The fraction of sp³-hybridized carbons (Fsp3) is 0.412. The van der Waals surface area contributed by atoms with Crippen molar-refractivity contribution in [2.75, 3.05) is 25.4 Å². The van der Waals surface area contributed by atoms with Crippen LogP contribution in [-0.2, 0) is 82.9 Å². The van der Waals surface area contributed by atoms with Crippen molar-refractivity contribution < 1.29 is 142 Å². The van der Waals surface area contributed by atoms with E-state index in [1.54, 1.807) is 0 Å². The van der Waals surface area contributed by atoms with Gasteiger partial charge in [-0.25, -0.2) is 37.9 Å². The third-order valence-electron chi connectivity index (χ3n) is 9.25. The highest BCUT2D eigenvalue weighted by Crippen LogP contribution is 2.62. The number of anilines is 1. The normalized spacial score (nSPS) is 24.0. The zero-order valence-electron chi connectivity index (χ0n) is 40.8. The van der Waals surface area contributed by atoms with Gasteiger partial charge >= 0.3 is 21.3 Å². The first-order valence-corrected chi connectivity index (χ1v) is 30.5. The van der Waals surface area contributed by atoms with Crippen LogP contribution in [-0.4, -0.2) is 108 Å². The van der Waals surface area contributed by atoms with Gasteiger partial charge in [0.25, 0.3) is 37.2 Å². The first kappa shape index (κ1) is 69.4. The number of amidine groups is 1. The Hall–Kier alpha value is -5.10. The summed E-state index contributed by atoms with van der Waals surface area (Å²) in [5.74, 6) is 19.5. The number of rotatable bonds is 25. The number of amides is 2. The SMILES string of the molecule is C=C1N=C(N)C(C#CCNC(=O)CCCCON)=CN1C1CC(O)C(OOP(=O)([O-])OP(=O)([O-])OP(=O)([O-])O)O1.NOc1ccc(C(=O)NCC#Cc2cn(C3CC(O)C(OOP(=O)([O-])OP(=O)([O-])OP(=O)([O-])O)O3)c(=O)nc2N)cn1. The smallest absolute Gasteiger partial charge is 0.351 e. The van der Waals surface area contributed by atoms with Gasteiger partial charge in [0.05, 0.1) is 36.4 Å². The number of aromatic nitrogens is 3. The summed E-state index contributed by atoms with van der Waals surface area (Å²) in [6, 6.07) is 2.76. The highest BCUT2D eigenvalue weighted by atomic mass is 31.3. The number of aliphatic hydroxyl groups is 2. The molecule has 14 N–H and O–H groups in total. The number of phosphoric acid groups is 6. The summed E-state index contributed by atoms with van der Waals surface area (Å²) in [4.78, 5) is 150. The second kappa shape index (κ2) is 30.1. The summed E-state index contributed by atoms with van der Waals surface area (Å²) < 4.78 is 98.7. The number of aliphatic hydroxyl groups excluding tert-OH is 2. The third-order valence-corrected chi connectivity index (χ3v) is 16.2. The van der Waals surface area contributed by atoms with Gasteiger partial charge in [-0.05, 0) is 18.9 Å². The Morgan fingerprint density at radius 2 is 1.34 bits per heavy atom. The van der Waals surface area contributed by atoms with Gasteiger partial charge < -0.3 is 95.5 Å². The van der Waals surface area contributed by atoms with Crippen molar-refractivity contribution in [1.29, 1.82) is 0 Å². The lowest BCUT2D eigenvalue weighted by atomic mass is 10.2. The fourth-order valence-electron chi connectivity index (χ4n) is 5.97. The van der Waals surface area contributed by atoms with Crippen molar-refractivity contribution in [2.24, 2.45) is 22.5 Å². The van der Waals surface area contributed by atoms with Crippen molar-refractivity contribution >= 4 is 70.4 Å². The molecular formula is C34H43N11O31P6-6. The molecule has 2 saturated heterocycles. The maximum atomic E-state index is 12.3. The van der Waals surface area contributed by atoms with Crippen molar-refractivity contribution in [3.05, 3.63) is 70.3 Å². The second-order valence-corrected chi connectivity index (χ2v) is 23.8. The lowest BCUT2D eigenvalue weighted by Gasteiger charge is -2.32. The van der Waals surface area contributed by atoms with E-state index in [0.717, 1.165) is 10.8 Å². The molecule has 2 fully saturated rings. The molecule has 2 aromatic rings. The van der Waals surface area contributed by atoms with Crippen molar-refractivity contribution in [1.82, 2.24) is 30.1 Å². The maximum Gasteiger partial charge on any atom is 0.351 e. The molecule has 5 heterocycles. The van der Waals surface area contributed by atoms with Crippen LogP contribution in [0.4, 0.5) is 5.82 Å². The van der Waals surface area contributed by atoms with E-state index < -0.39 is 102 Å². The molecule has 2 amide bonds. The Kier molecular flexibility index (Phi) is 25.5. The van der Waals surface area contributed by atoms with Gasteiger partial charge in [0, 0.05) is 43.9 Å². The summed E-state index contributed by atoms with van der Waals surface area (Å²) in [5, 5.41) is 25.3. The predicted octanol–water partition coefficient (Wildman–Crippen LogP) is -6.75. The molecule has 0 spiro atoms. The Morgan fingerprint density at radius 1 is 0.793 bits per heavy atom. The van der Waals surface area contributed by atoms with Crippen LogP contribution in [0, 0.1) is 23.7 Å². The molecule has 3 aliphatic heterocycles. The van der Waals surface area contributed by atoms with Crippen molar-refractivity contribution in [3.8, 4) is 29.6 Å². The van der Waals surface area contributed by atoms with Gasteiger partial charge in [-0.1, -0.05) is 30.3 Å². The third kappa shape index (κ3) is 23.9. The van der Waals surface area contributed by atoms with Crippen LogP contribution in [0.5, 0.6) is 5.88 Å². The fourth-order valence-corrected chi connectivity index (χ4v) is 11.3. The number of hydrogen-bond acceptors (Lipinski definition) is 37. The summed E-state index contributed by atoms with van der Waals surface area (Å²) in [6.07, 6.45) is -5.09. The number of hydrogen-bond donors (Lipinski definition) is 10. The molecule has 456 valence electrons. The van der Waals surface area contributed by atoms with E-state index in [2.05, 4.69) is 102 Å². The average Bonchev–Trinajstić information content (AvgIpc) is 4.15. The Balaban J connectivity index is 0.000000353. The average molecular weight is 1290 g/mol. The highest BCUT2D eigenvalue weighted by molar-refractivity contribution is 7.65. The number of carbonyl (C=O) groups is 2. The van der Waals surface area contributed by atoms with Crippen LogP contribution in [0.3, 0.4) is 0 Å². The second-order valence-electron chi connectivity index (χ2n) is 15.4. The first-order chi connectivity index (χ1) is 38.0. The number of nitrogens with one attached hydrogen (secondary N) is 2. The molecule has 5 rings (SSSR count). The molecule has 0 bridgehead atoms. The molecule has 0 aromatic carbocycles. The van der Waals surface area contributed by atoms with Gasteiger partial charge in [-0.15, -0.1) is 0 Å². The van der Waals surface area contributed by atoms with Crippen LogP contribution >= 0.6 is 46.9 Å². The van der Waals surface area contributed by atoms with Crippen molar-refractivity contribution in [3.63, 3.8) is 0 Å². The molecular weight excluding hydrogens is 1240 g/mol. The quantitative estimate of drug-likeness (QED) is 0.0145. The Morgan fingerprint density at radius 3 is 1.88 bits per heavy atom. The summed E-state index contributed by atoms with van der Waals surface area (Å²) in [6.45, 7) is 3.83. The van der Waals surface area contributed by atoms with Crippen LogP contribution in [0.2, 0.25) is 0 Å². The van der Waals surface area contributed by atoms with Crippen LogP contribution in [0.25, 0.3) is 0 Å². The maximum absolute atomic E-state index is 12.3. The number of carbonyl (C=O) groups excluding carboxylic acids is 2. The van der Waals surface area contributed by atoms with E-state index >= 15 is 0 Å². The number of nitrogens with two attached hydrogens (primary N) is 4. The number of ether oxygens (including phenoxy) is 2. The zero-order valence-corrected chi connectivity index (χ0v) is 46.1. The number of pyridine rings is 1. The van der Waals surface area contributed by atoms with E-state index in [0.29, 0.717) is 19.4 Å².